The van der Waals surface area contributed by atoms with Crippen molar-refractivity contribution in [3.63, 3.8) is 0 Å². The highest BCUT2D eigenvalue weighted by molar-refractivity contribution is 7.12. The Morgan fingerprint density at radius 2 is 2.18 bits per heavy atom. The fraction of sp³-hybridized carbons (Fsp3) is 0.462. The van der Waals surface area contributed by atoms with E-state index in [1.54, 1.807) is 0 Å². The Morgan fingerprint density at radius 1 is 1.41 bits per heavy atom. The van der Waals surface area contributed by atoms with E-state index in [0.717, 1.165) is 6.54 Å². The van der Waals surface area contributed by atoms with Gasteiger partial charge in [0.1, 0.15) is 0 Å². The van der Waals surface area contributed by atoms with Crippen molar-refractivity contribution in [2.45, 2.75) is 26.8 Å². The first-order valence-electron chi connectivity index (χ1n) is 5.91. The SMILES string of the molecule is CCNC(c1ccc(C)s1)c1cnn(C)c1C. The quantitative estimate of drug-likeness (QED) is 0.903. The minimum Gasteiger partial charge on any atom is -0.306 e. The van der Waals surface area contributed by atoms with Gasteiger partial charge in [-0.05, 0) is 32.5 Å². The van der Waals surface area contributed by atoms with Crippen LogP contribution in [0.3, 0.4) is 0 Å². The summed E-state index contributed by atoms with van der Waals surface area (Å²) in [7, 11) is 1.99. The number of thiophene rings is 1. The lowest BCUT2D eigenvalue weighted by Gasteiger charge is -2.16. The second kappa shape index (κ2) is 5.02. The molecule has 2 aromatic rings. The Kier molecular flexibility index (Phi) is 3.64. The molecule has 0 bridgehead atoms. The molecule has 0 spiro atoms. The molecule has 2 aromatic heterocycles. The summed E-state index contributed by atoms with van der Waals surface area (Å²) in [5.74, 6) is 0. The lowest BCUT2D eigenvalue weighted by molar-refractivity contribution is 0.633. The standard InChI is InChI=1S/C13H19N3S/c1-5-14-13(12-7-6-9(2)17-12)11-8-15-16(4)10(11)3/h6-8,13-14H,5H2,1-4H3. The number of hydrogen-bond acceptors (Lipinski definition) is 3. The molecule has 1 unspecified atom stereocenters. The van der Waals surface area contributed by atoms with Crippen LogP contribution in [0.15, 0.2) is 18.3 Å². The summed E-state index contributed by atoms with van der Waals surface area (Å²) in [6.45, 7) is 7.36. The zero-order valence-corrected chi connectivity index (χ0v) is 11.6. The van der Waals surface area contributed by atoms with E-state index in [9.17, 15) is 0 Å². The maximum Gasteiger partial charge on any atom is 0.0704 e. The average molecular weight is 249 g/mol. The molecule has 0 aliphatic carbocycles. The Labute approximate surface area is 106 Å². The van der Waals surface area contributed by atoms with E-state index in [-0.39, 0.29) is 6.04 Å². The summed E-state index contributed by atoms with van der Waals surface area (Å²) < 4.78 is 1.93. The van der Waals surface area contributed by atoms with Crippen molar-refractivity contribution in [1.29, 1.82) is 0 Å². The monoisotopic (exact) mass is 249 g/mol. The van der Waals surface area contributed by atoms with E-state index in [1.165, 1.54) is 21.0 Å². The van der Waals surface area contributed by atoms with Crippen molar-refractivity contribution < 1.29 is 0 Å². The first kappa shape index (κ1) is 12.3. The number of aryl methyl sites for hydroxylation is 2. The highest BCUT2D eigenvalue weighted by Crippen LogP contribution is 2.29. The number of nitrogens with one attached hydrogen (secondary N) is 1. The van der Waals surface area contributed by atoms with Gasteiger partial charge in [-0.2, -0.15) is 5.10 Å². The average Bonchev–Trinajstić information content (AvgIpc) is 2.85. The van der Waals surface area contributed by atoms with Crippen LogP contribution in [0.5, 0.6) is 0 Å². The second-order valence-corrected chi connectivity index (χ2v) is 5.57. The van der Waals surface area contributed by atoms with Crippen LogP contribution in [0.25, 0.3) is 0 Å². The van der Waals surface area contributed by atoms with Crippen LogP contribution in [-0.2, 0) is 7.05 Å². The molecule has 0 radical (unpaired) electrons. The maximum atomic E-state index is 4.33. The lowest BCUT2D eigenvalue weighted by Crippen LogP contribution is -2.21. The molecule has 3 nitrogen and oxygen atoms in total. The molecule has 0 fully saturated rings. The van der Waals surface area contributed by atoms with E-state index >= 15 is 0 Å². The zero-order chi connectivity index (χ0) is 12.4. The molecule has 0 amide bonds. The second-order valence-electron chi connectivity index (χ2n) is 4.25. The molecule has 2 heterocycles. The van der Waals surface area contributed by atoms with Crippen LogP contribution in [0.1, 0.15) is 34.0 Å². The Balaban J connectivity index is 2.38. The zero-order valence-electron chi connectivity index (χ0n) is 10.8. The van der Waals surface area contributed by atoms with Gasteiger partial charge >= 0.3 is 0 Å². The van der Waals surface area contributed by atoms with E-state index in [4.69, 9.17) is 0 Å². The van der Waals surface area contributed by atoms with Crippen LogP contribution in [0.2, 0.25) is 0 Å². The van der Waals surface area contributed by atoms with Gasteiger partial charge in [-0.25, -0.2) is 0 Å². The van der Waals surface area contributed by atoms with Gasteiger partial charge in [0.2, 0.25) is 0 Å². The third-order valence-corrected chi connectivity index (χ3v) is 4.10. The summed E-state index contributed by atoms with van der Waals surface area (Å²) in [6.07, 6.45) is 1.97. The van der Waals surface area contributed by atoms with Crippen molar-refractivity contribution >= 4 is 11.3 Å². The normalized spacial score (nSPS) is 12.9. The summed E-state index contributed by atoms with van der Waals surface area (Å²) in [5, 5.41) is 7.87. The highest BCUT2D eigenvalue weighted by atomic mass is 32.1. The Bertz CT molecular complexity index is 498. The minimum atomic E-state index is 0.271. The number of hydrogen-bond donors (Lipinski definition) is 1. The van der Waals surface area contributed by atoms with Crippen molar-refractivity contribution in [2.24, 2.45) is 7.05 Å². The number of nitrogens with zero attached hydrogens (tertiary/aromatic N) is 2. The van der Waals surface area contributed by atoms with Crippen molar-refractivity contribution in [2.75, 3.05) is 6.54 Å². The van der Waals surface area contributed by atoms with E-state index in [0.29, 0.717) is 0 Å². The van der Waals surface area contributed by atoms with Gasteiger partial charge < -0.3 is 5.32 Å². The molecule has 92 valence electrons. The first-order chi connectivity index (χ1) is 8.13. The summed E-state index contributed by atoms with van der Waals surface area (Å²) in [6, 6.07) is 4.66. The van der Waals surface area contributed by atoms with E-state index in [1.807, 2.05) is 29.3 Å². The molecule has 0 aliphatic rings. The topological polar surface area (TPSA) is 29.9 Å². The molecule has 4 heteroatoms. The van der Waals surface area contributed by atoms with Gasteiger partial charge in [0.25, 0.3) is 0 Å². The van der Waals surface area contributed by atoms with Crippen LogP contribution in [0.4, 0.5) is 0 Å². The Hall–Kier alpha value is -1.13. The largest absolute Gasteiger partial charge is 0.306 e. The van der Waals surface area contributed by atoms with Crippen LogP contribution in [0, 0.1) is 13.8 Å². The van der Waals surface area contributed by atoms with Gasteiger partial charge in [-0.1, -0.05) is 6.92 Å². The predicted molar refractivity (Wildman–Crippen MR) is 72.5 cm³/mol. The molecular weight excluding hydrogens is 230 g/mol. The highest BCUT2D eigenvalue weighted by Gasteiger charge is 2.19. The molecule has 0 aromatic carbocycles. The van der Waals surface area contributed by atoms with Gasteiger partial charge in [0.05, 0.1) is 12.2 Å². The molecule has 1 atom stereocenters. The predicted octanol–water partition coefficient (Wildman–Crippen LogP) is 2.80. The maximum absolute atomic E-state index is 4.33. The van der Waals surface area contributed by atoms with Gasteiger partial charge in [0.15, 0.2) is 0 Å². The smallest absolute Gasteiger partial charge is 0.0704 e. The van der Waals surface area contributed by atoms with Crippen molar-refractivity contribution in [3.8, 4) is 0 Å². The third-order valence-electron chi connectivity index (χ3n) is 3.04. The fourth-order valence-corrected chi connectivity index (χ4v) is 2.95. The lowest BCUT2D eigenvalue weighted by atomic mass is 10.1. The van der Waals surface area contributed by atoms with Gasteiger partial charge in [-0.3, -0.25) is 4.68 Å². The first-order valence-corrected chi connectivity index (χ1v) is 6.73. The van der Waals surface area contributed by atoms with Crippen LogP contribution < -0.4 is 5.32 Å². The van der Waals surface area contributed by atoms with Gasteiger partial charge in [-0.15, -0.1) is 11.3 Å². The summed E-state index contributed by atoms with van der Waals surface area (Å²) in [5.41, 5.74) is 2.50. The van der Waals surface area contributed by atoms with Crippen molar-refractivity contribution in [3.05, 3.63) is 39.3 Å². The van der Waals surface area contributed by atoms with Crippen molar-refractivity contribution in [1.82, 2.24) is 15.1 Å². The molecule has 2 rings (SSSR count). The van der Waals surface area contributed by atoms with Crippen LogP contribution in [-0.4, -0.2) is 16.3 Å². The molecule has 0 aliphatic heterocycles. The minimum absolute atomic E-state index is 0.271. The third kappa shape index (κ3) is 2.42. The van der Waals surface area contributed by atoms with E-state index in [2.05, 4.69) is 43.3 Å². The van der Waals surface area contributed by atoms with Crippen LogP contribution >= 0.6 is 11.3 Å². The molecular formula is C13H19N3S. The summed E-state index contributed by atoms with van der Waals surface area (Å²) >= 11 is 1.85. The number of aromatic nitrogens is 2. The molecule has 17 heavy (non-hydrogen) atoms. The molecule has 1 N–H and O–H groups in total. The Morgan fingerprint density at radius 3 is 2.65 bits per heavy atom. The summed E-state index contributed by atoms with van der Waals surface area (Å²) in [4.78, 5) is 2.71. The molecule has 0 saturated carbocycles. The molecule has 0 saturated heterocycles. The number of rotatable bonds is 4. The van der Waals surface area contributed by atoms with Gasteiger partial charge in [0, 0.05) is 28.1 Å². The fourth-order valence-electron chi connectivity index (χ4n) is 1.98. The van der Waals surface area contributed by atoms with E-state index < -0.39 is 0 Å².